The second kappa shape index (κ2) is 6.47. The Morgan fingerprint density at radius 1 is 0.862 bits per heavy atom. The van der Waals surface area contributed by atoms with Crippen molar-refractivity contribution in [3.8, 4) is 0 Å². The Morgan fingerprint density at radius 3 is 1.97 bits per heavy atom. The first-order chi connectivity index (χ1) is 13.1. The average Bonchev–Trinajstić information content (AvgIpc) is 3.29. The van der Waals surface area contributed by atoms with E-state index in [1.54, 1.807) is 0 Å². The topological polar surface area (TPSA) is 6.48 Å². The molecule has 0 aromatic rings. The molecule has 2 saturated heterocycles. The minimum absolute atomic E-state index is 0.285. The van der Waals surface area contributed by atoms with Gasteiger partial charge in [-0.1, -0.05) is 27.7 Å². The van der Waals surface area contributed by atoms with Crippen LogP contribution in [0.1, 0.15) is 114 Å². The Kier molecular flexibility index (Phi) is 4.94. The molecular weight excluding hydrogens is 352 g/mol. The van der Waals surface area contributed by atoms with Crippen molar-refractivity contribution in [3.05, 3.63) is 0 Å². The van der Waals surface area contributed by atoms with Crippen molar-refractivity contribution in [2.24, 2.45) is 22.7 Å². The van der Waals surface area contributed by atoms with Gasteiger partial charge in [-0.3, -0.25) is 9.80 Å². The van der Waals surface area contributed by atoms with Gasteiger partial charge in [0.1, 0.15) is 0 Å². The van der Waals surface area contributed by atoms with Gasteiger partial charge in [0, 0.05) is 35.2 Å². The van der Waals surface area contributed by atoms with E-state index in [9.17, 15) is 0 Å². The van der Waals surface area contributed by atoms with Gasteiger partial charge in [-0.05, 0) is 109 Å². The molecule has 2 nitrogen and oxygen atoms in total. The van der Waals surface area contributed by atoms with Crippen LogP contribution >= 0.6 is 0 Å². The molecule has 2 aliphatic heterocycles. The van der Waals surface area contributed by atoms with E-state index in [4.69, 9.17) is 0 Å². The van der Waals surface area contributed by atoms with Crippen LogP contribution in [-0.4, -0.2) is 45.0 Å². The summed E-state index contributed by atoms with van der Waals surface area (Å²) < 4.78 is 0. The maximum Gasteiger partial charge on any atom is 0.0250 e. The summed E-state index contributed by atoms with van der Waals surface area (Å²) in [4.78, 5) is 5.89. The number of hydrogen-bond donors (Lipinski definition) is 0. The molecule has 0 radical (unpaired) electrons. The Hall–Kier alpha value is -0.0800. The second-order valence-corrected chi connectivity index (χ2v) is 14.6. The van der Waals surface area contributed by atoms with E-state index in [0.717, 1.165) is 23.9 Å². The third-order valence-corrected chi connectivity index (χ3v) is 9.38. The molecule has 0 bridgehead atoms. The van der Waals surface area contributed by atoms with Crippen molar-refractivity contribution in [3.63, 3.8) is 0 Å². The highest BCUT2D eigenvalue weighted by Crippen LogP contribution is 2.65. The molecule has 2 spiro atoms. The average molecular weight is 403 g/mol. The SMILES string of the molecule is CC(C)C1CCC2(CC2CC(C)(C)C2CC3(CC3)CN2C(C)(C)C)N1C(C)(C)C. The first-order valence-corrected chi connectivity index (χ1v) is 12.7. The molecule has 4 rings (SSSR count). The molecular formula is C27H50N2. The second-order valence-electron chi connectivity index (χ2n) is 14.6. The van der Waals surface area contributed by atoms with Crippen LogP contribution in [-0.2, 0) is 0 Å². The molecule has 168 valence electrons. The zero-order valence-corrected chi connectivity index (χ0v) is 21.4. The van der Waals surface area contributed by atoms with E-state index < -0.39 is 0 Å². The molecule has 4 unspecified atom stereocenters. The van der Waals surface area contributed by atoms with Gasteiger partial charge in [-0.25, -0.2) is 0 Å². The largest absolute Gasteiger partial charge is 0.294 e. The smallest absolute Gasteiger partial charge is 0.0250 e. The summed E-state index contributed by atoms with van der Waals surface area (Å²) in [7, 11) is 0. The molecule has 4 atom stereocenters. The fraction of sp³-hybridized carbons (Fsp3) is 1.00. The van der Waals surface area contributed by atoms with Crippen molar-refractivity contribution >= 4 is 0 Å². The van der Waals surface area contributed by atoms with Crippen LogP contribution in [0.4, 0.5) is 0 Å². The minimum atomic E-state index is 0.285. The van der Waals surface area contributed by atoms with Gasteiger partial charge in [-0.15, -0.1) is 0 Å². The van der Waals surface area contributed by atoms with E-state index in [1.807, 2.05) is 0 Å². The zero-order valence-electron chi connectivity index (χ0n) is 21.4. The molecule has 2 heterocycles. The fourth-order valence-corrected chi connectivity index (χ4v) is 7.78. The zero-order chi connectivity index (χ0) is 21.6. The summed E-state index contributed by atoms with van der Waals surface area (Å²) in [5, 5.41) is 0. The highest BCUT2D eigenvalue weighted by molar-refractivity contribution is 5.21. The van der Waals surface area contributed by atoms with E-state index in [2.05, 4.69) is 79.0 Å². The lowest BCUT2D eigenvalue weighted by molar-refractivity contribution is 0.0188. The highest BCUT2D eigenvalue weighted by Gasteiger charge is 2.66. The maximum atomic E-state index is 2.99. The lowest BCUT2D eigenvalue weighted by Crippen LogP contribution is -2.53. The van der Waals surface area contributed by atoms with Crippen LogP contribution in [0, 0.1) is 22.7 Å². The number of likely N-dealkylation sites (tertiary alicyclic amines) is 2. The van der Waals surface area contributed by atoms with Gasteiger partial charge in [0.05, 0.1) is 0 Å². The van der Waals surface area contributed by atoms with Crippen molar-refractivity contribution in [1.29, 1.82) is 0 Å². The summed E-state index contributed by atoms with van der Waals surface area (Å²) in [6, 6.07) is 1.53. The van der Waals surface area contributed by atoms with Crippen LogP contribution in [0.15, 0.2) is 0 Å². The summed E-state index contributed by atoms with van der Waals surface area (Å²) in [5.41, 5.74) is 2.18. The van der Waals surface area contributed by atoms with Crippen molar-refractivity contribution < 1.29 is 0 Å². The van der Waals surface area contributed by atoms with Gasteiger partial charge < -0.3 is 0 Å². The Balaban J connectivity index is 1.52. The molecule has 2 heteroatoms. The molecule has 0 aromatic carbocycles. The Bertz CT molecular complexity index is 630. The summed E-state index contributed by atoms with van der Waals surface area (Å²) in [5.74, 6) is 1.67. The predicted octanol–water partition coefficient (Wildman–Crippen LogP) is 6.73. The molecule has 29 heavy (non-hydrogen) atoms. The van der Waals surface area contributed by atoms with Crippen molar-refractivity contribution in [1.82, 2.24) is 9.80 Å². The van der Waals surface area contributed by atoms with Crippen LogP contribution in [0.5, 0.6) is 0 Å². The van der Waals surface area contributed by atoms with E-state index in [0.29, 0.717) is 21.9 Å². The van der Waals surface area contributed by atoms with Gasteiger partial charge in [0.25, 0.3) is 0 Å². The van der Waals surface area contributed by atoms with Crippen molar-refractivity contribution in [2.75, 3.05) is 6.54 Å². The molecule has 2 saturated carbocycles. The van der Waals surface area contributed by atoms with Gasteiger partial charge >= 0.3 is 0 Å². The number of rotatable bonds is 4. The van der Waals surface area contributed by atoms with Crippen LogP contribution < -0.4 is 0 Å². The Morgan fingerprint density at radius 2 is 1.48 bits per heavy atom. The molecule has 4 aliphatic rings. The van der Waals surface area contributed by atoms with E-state index in [1.165, 1.54) is 51.5 Å². The summed E-state index contributed by atoms with van der Waals surface area (Å²) in [6.07, 6.45) is 10.1. The third-order valence-electron chi connectivity index (χ3n) is 9.38. The monoisotopic (exact) mass is 402 g/mol. The number of nitrogens with zero attached hydrogens (tertiary/aromatic N) is 2. The standard InChI is InChI=1S/C27H50N2/c1-19(2)21-11-12-27(29(21)24(6,7)8)16-20(27)15-25(9,10)22-17-26(13-14-26)18-28(22)23(3,4)5/h19-22H,11-18H2,1-10H3. The molecule has 2 aliphatic carbocycles. The summed E-state index contributed by atoms with van der Waals surface area (Å²) >= 11 is 0. The molecule has 0 N–H and O–H groups in total. The van der Waals surface area contributed by atoms with Gasteiger partial charge in [-0.2, -0.15) is 0 Å². The molecule has 4 fully saturated rings. The Labute approximate surface area is 182 Å². The maximum absolute atomic E-state index is 2.99. The first kappa shape index (κ1) is 22.1. The highest BCUT2D eigenvalue weighted by atomic mass is 15.3. The normalized spacial score (nSPS) is 38.0. The molecule has 0 amide bonds. The minimum Gasteiger partial charge on any atom is -0.294 e. The third kappa shape index (κ3) is 3.73. The van der Waals surface area contributed by atoms with Crippen LogP contribution in [0.2, 0.25) is 0 Å². The lowest BCUT2D eigenvalue weighted by Gasteiger charge is -2.46. The predicted molar refractivity (Wildman–Crippen MR) is 125 cm³/mol. The fourth-order valence-electron chi connectivity index (χ4n) is 7.78. The van der Waals surface area contributed by atoms with E-state index in [-0.39, 0.29) is 5.54 Å². The first-order valence-electron chi connectivity index (χ1n) is 12.7. The van der Waals surface area contributed by atoms with E-state index >= 15 is 0 Å². The van der Waals surface area contributed by atoms with Gasteiger partial charge in [0.15, 0.2) is 0 Å². The van der Waals surface area contributed by atoms with Gasteiger partial charge in [0.2, 0.25) is 0 Å². The lowest BCUT2D eigenvalue weighted by atomic mass is 9.75. The van der Waals surface area contributed by atoms with Crippen LogP contribution in [0.25, 0.3) is 0 Å². The quantitative estimate of drug-likeness (QED) is 0.514. The number of hydrogen-bond acceptors (Lipinski definition) is 2. The van der Waals surface area contributed by atoms with Crippen LogP contribution in [0.3, 0.4) is 0 Å². The van der Waals surface area contributed by atoms with Crippen molar-refractivity contribution in [2.45, 2.75) is 143 Å². The molecule has 0 aromatic heterocycles. The summed E-state index contributed by atoms with van der Waals surface area (Å²) in [6.45, 7) is 26.2.